The number of hydrogen-bond acceptors (Lipinski definition) is 3. The molecular weight excluding hydrogens is 264 g/mol. The van der Waals surface area contributed by atoms with Crippen molar-refractivity contribution in [3.63, 3.8) is 0 Å². The van der Waals surface area contributed by atoms with Gasteiger partial charge in [0.1, 0.15) is 5.75 Å². The fourth-order valence-corrected chi connectivity index (χ4v) is 2.23. The first-order chi connectivity index (χ1) is 10.3. The topological polar surface area (TPSA) is 35.5 Å². The summed E-state index contributed by atoms with van der Waals surface area (Å²) in [7, 11) is 1.44. The van der Waals surface area contributed by atoms with Crippen molar-refractivity contribution >= 4 is 5.97 Å². The fraction of sp³-hybridized carbons (Fsp3) is 0.611. The van der Waals surface area contributed by atoms with Crippen molar-refractivity contribution in [2.75, 3.05) is 13.7 Å². The van der Waals surface area contributed by atoms with E-state index in [2.05, 4.69) is 29.9 Å². The van der Waals surface area contributed by atoms with E-state index in [0.29, 0.717) is 6.42 Å². The van der Waals surface area contributed by atoms with Crippen molar-refractivity contribution in [1.29, 1.82) is 0 Å². The maximum Gasteiger partial charge on any atom is 0.305 e. The number of carbonyl (C=O) groups is 1. The molecule has 0 spiro atoms. The Morgan fingerprint density at radius 2 is 1.76 bits per heavy atom. The van der Waals surface area contributed by atoms with Gasteiger partial charge >= 0.3 is 5.97 Å². The molecule has 0 unspecified atom stereocenters. The Morgan fingerprint density at radius 3 is 2.48 bits per heavy atom. The molecule has 0 aliphatic carbocycles. The van der Waals surface area contributed by atoms with Crippen LogP contribution in [-0.4, -0.2) is 19.7 Å². The minimum atomic E-state index is -0.0993. The van der Waals surface area contributed by atoms with Gasteiger partial charge in [-0.15, -0.1) is 0 Å². The summed E-state index contributed by atoms with van der Waals surface area (Å²) in [5, 5.41) is 0. The summed E-state index contributed by atoms with van der Waals surface area (Å²) >= 11 is 0. The first kappa shape index (κ1) is 17.5. The number of benzene rings is 1. The smallest absolute Gasteiger partial charge is 0.305 e. The van der Waals surface area contributed by atoms with E-state index >= 15 is 0 Å². The Morgan fingerprint density at radius 1 is 1.05 bits per heavy atom. The van der Waals surface area contributed by atoms with E-state index in [-0.39, 0.29) is 5.97 Å². The van der Waals surface area contributed by atoms with E-state index in [0.717, 1.165) is 38.0 Å². The molecule has 0 amide bonds. The molecule has 21 heavy (non-hydrogen) atoms. The van der Waals surface area contributed by atoms with E-state index in [9.17, 15) is 4.79 Å². The SMILES string of the molecule is CCc1cccc(OCCCCCCCCC(=O)OC)c1. The zero-order valence-corrected chi connectivity index (χ0v) is 13.4. The highest BCUT2D eigenvalue weighted by Crippen LogP contribution is 2.14. The molecular formula is C18H28O3. The molecule has 0 bridgehead atoms. The van der Waals surface area contributed by atoms with Gasteiger partial charge < -0.3 is 9.47 Å². The van der Waals surface area contributed by atoms with Crippen LogP contribution in [0.2, 0.25) is 0 Å². The molecule has 3 heteroatoms. The molecule has 1 aromatic rings. The fourth-order valence-electron chi connectivity index (χ4n) is 2.23. The number of methoxy groups -OCH3 is 1. The Balaban J connectivity index is 1.96. The van der Waals surface area contributed by atoms with Crippen LogP contribution in [-0.2, 0) is 16.0 Å². The quantitative estimate of drug-likeness (QED) is 0.444. The van der Waals surface area contributed by atoms with Crippen LogP contribution in [0.4, 0.5) is 0 Å². The summed E-state index contributed by atoms with van der Waals surface area (Å²) in [6.45, 7) is 2.94. The molecule has 0 saturated carbocycles. The third-order valence-electron chi connectivity index (χ3n) is 3.58. The van der Waals surface area contributed by atoms with Crippen molar-refractivity contribution in [2.45, 2.75) is 58.3 Å². The summed E-state index contributed by atoms with van der Waals surface area (Å²) in [5.41, 5.74) is 1.32. The average molecular weight is 292 g/mol. The Labute approximate surface area is 128 Å². The molecule has 0 saturated heterocycles. The summed E-state index contributed by atoms with van der Waals surface area (Å²) in [4.78, 5) is 10.9. The van der Waals surface area contributed by atoms with Crippen molar-refractivity contribution in [3.8, 4) is 5.75 Å². The lowest BCUT2D eigenvalue weighted by Gasteiger charge is -2.07. The van der Waals surface area contributed by atoms with Crippen LogP contribution in [0, 0.1) is 0 Å². The van der Waals surface area contributed by atoms with Crippen LogP contribution >= 0.6 is 0 Å². The van der Waals surface area contributed by atoms with Gasteiger partial charge in [0.25, 0.3) is 0 Å². The average Bonchev–Trinajstić information content (AvgIpc) is 2.53. The molecule has 1 rings (SSSR count). The monoisotopic (exact) mass is 292 g/mol. The maximum atomic E-state index is 10.9. The third kappa shape index (κ3) is 8.38. The highest BCUT2D eigenvalue weighted by atomic mass is 16.5. The molecule has 0 N–H and O–H groups in total. The normalized spacial score (nSPS) is 10.4. The van der Waals surface area contributed by atoms with Gasteiger partial charge in [-0.3, -0.25) is 4.79 Å². The van der Waals surface area contributed by atoms with Gasteiger partial charge in [0.2, 0.25) is 0 Å². The van der Waals surface area contributed by atoms with Gasteiger partial charge in [-0.2, -0.15) is 0 Å². The molecule has 0 aliphatic heterocycles. The first-order valence-electron chi connectivity index (χ1n) is 8.04. The molecule has 0 aromatic heterocycles. The zero-order chi connectivity index (χ0) is 15.3. The number of ether oxygens (including phenoxy) is 2. The molecule has 0 heterocycles. The predicted octanol–water partition coefficient (Wildman–Crippen LogP) is 4.53. The highest BCUT2D eigenvalue weighted by molar-refractivity contribution is 5.68. The van der Waals surface area contributed by atoms with E-state index in [1.165, 1.54) is 31.9 Å². The number of carbonyl (C=O) groups excluding carboxylic acids is 1. The third-order valence-corrected chi connectivity index (χ3v) is 3.58. The number of unbranched alkanes of at least 4 members (excludes halogenated alkanes) is 5. The minimum absolute atomic E-state index is 0.0993. The van der Waals surface area contributed by atoms with Gasteiger partial charge in [-0.05, 0) is 37.0 Å². The van der Waals surface area contributed by atoms with Crippen molar-refractivity contribution in [1.82, 2.24) is 0 Å². The van der Waals surface area contributed by atoms with Gasteiger partial charge in [-0.25, -0.2) is 0 Å². The first-order valence-corrected chi connectivity index (χ1v) is 8.04. The number of aryl methyl sites for hydroxylation is 1. The molecule has 0 aliphatic rings. The molecule has 0 fully saturated rings. The second-order valence-corrected chi connectivity index (χ2v) is 5.30. The molecule has 118 valence electrons. The van der Waals surface area contributed by atoms with Crippen LogP contribution in [0.15, 0.2) is 24.3 Å². The highest BCUT2D eigenvalue weighted by Gasteiger charge is 1.99. The van der Waals surface area contributed by atoms with E-state index in [1.807, 2.05) is 6.07 Å². The summed E-state index contributed by atoms with van der Waals surface area (Å²) in [5.74, 6) is 0.880. The largest absolute Gasteiger partial charge is 0.494 e. The van der Waals surface area contributed by atoms with Gasteiger partial charge in [0.05, 0.1) is 13.7 Å². The lowest BCUT2D eigenvalue weighted by molar-refractivity contribution is -0.140. The lowest BCUT2D eigenvalue weighted by Crippen LogP contribution is -1.99. The number of hydrogen-bond donors (Lipinski definition) is 0. The van der Waals surface area contributed by atoms with Crippen LogP contribution in [0.25, 0.3) is 0 Å². The second-order valence-electron chi connectivity index (χ2n) is 5.30. The number of rotatable bonds is 11. The van der Waals surface area contributed by atoms with Gasteiger partial charge in [0, 0.05) is 6.42 Å². The number of esters is 1. The maximum absolute atomic E-state index is 10.9. The Hall–Kier alpha value is -1.51. The van der Waals surface area contributed by atoms with Gasteiger partial charge in [-0.1, -0.05) is 44.7 Å². The van der Waals surface area contributed by atoms with Crippen molar-refractivity contribution in [3.05, 3.63) is 29.8 Å². The van der Waals surface area contributed by atoms with Crippen LogP contribution in [0.1, 0.15) is 57.4 Å². The summed E-state index contributed by atoms with van der Waals surface area (Å²) in [6.07, 6.45) is 8.30. The minimum Gasteiger partial charge on any atom is -0.494 e. The summed E-state index contributed by atoms with van der Waals surface area (Å²) < 4.78 is 10.4. The van der Waals surface area contributed by atoms with E-state index in [1.54, 1.807) is 0 Å². The standard InChI is InChI=1S/C18H28O3/c1-3-16-11-10-12-17(15-16)21-14-9-7-5-4-6-8-13-18(19)20-2/h10-12,15H,3-9,13-14H2,1-2H3. The lowest BCUT2D eigenvalue weighted by atomic mass is 10.1. The second kappa shape index (κ2) is 11.2. The molecule has 1 aromatic carbocycles. The predicted molar refractivity (Wildman–Crippen MR) is 85.7 cm³/mol. The van der Waals surface area contributed by atoms with Crippen LogP contribution in [0.5, 0.6) is 5.75 Å². The molecule has 3 nitrogen and oxygen atoms in total. The molecule has 0 radical (unpaired) electrons. The van der Waals surface area contributed by atoms with Crippen LogP contribution < -0.4 is 4.74 Å². The Bertz CT molecular complexity index is 401. The zero-order valence-electron chi connectivity index (χ0n) is 13.4. The van der Waals surface area contributed by atoms with Crippen molar-refractivity contribution < 1.29 is 14.3 Å². The van der Waals surface area contributed by atoms with Crippen molar-refractivity contribution in [2.24, 2.45) is 0 Å². The van der Waals surface area contributed by atoms with Crippen LogP contribution in [0.3, 0.4) is 0 Å². The van der Waals surface area contributed by atoms with Gasteiger partial charge in [0.15, 0.2) is 0 Å². The summed E-state index contributed by atoms with van der Waals surface area (Å²) in [6, 6.07) is 8.31. The van der Waals surface area contributed by atoms with E-state index in [4.69, 9.17) is 4.74 Å². The van der Waals surface area contributed by atoms with E-state index < -0.39 is 0 Å². The molecule has 0 atom stereocenters. The Kier molecular flexibility index (Phi) is 9.34.